The highest BCUT2D eigenvalue weighted by Crippen LogP contribution is 2.44. The molecule has 0 amide bonds. The van der Waals surface area contributed by atoms with Crippen LogP contribution in [0.4, 0.5) is 5.13 Å². The average molecular weight is 302 g/mol. The van der Waals surface area contributed by atoms with Crippen LogP contribution >= 0.6 is 11.3 Å². The number of aromatic carboxylic acids is 1. The third kappa shape index (κ3) is 3.08. The number of carbonyl (C=O) groups is 1. The number of carboxylic acids is 1. The van der Waals surface area contributed by atoms with E-state index in [0.717, 1.165) is 30.2 Å². The van der Waals surface area contributed by atoms with Crippen LogP contribution in [-0.2, 0) is 6.54 Å². The van der Waals surface area contributed by atoms with Crippen LogP contribution in [0.3, 0.4) is 0 Å². The van der Waals surface area contributed by atoms with Crippen molar-refractivity contribution in [1.82, 2.24) is 4.98 Å². The average Bonchev–Trinajstić information content (AvgIpc) is 3.17. The maximum atomic E-state index is 11.3. The van der Waals surface area contributed by atoms with Gasteiger partial charge >= 0.3 is 5.97 Å². The third-order valence-corrected chi connectivity index (χ3v) is 4.80. The van der Waals surface area contributed by atoms with E-state index in [2.05, 4.69) is 30.1 Å². The minimum atomic E-state index is -0.857. The van der Waals surface area contributed by atoms with Gasteiger partial charge in [0, 0.05) is 19.5 Å². The Kier molecular flexibility index (Phi) is 3.68. The Hall–Kier alpha value is -1.88. The highest BCUT2D eigenvalue weighted by molar-refractivity contribution is 7.17. The lowest BCUT2D eigenvalue weighted by Gasteiger charge is -2.16. The summed E-state index contributed by atoms with van der Waals surface area (Å²) in [7, 11) is 1.96. The van der Waals surface area contributed by atoms with E-state index in [-0.39, 0.29) is 0 Å². The third-order valence-electron chi connectivity index (χ3n) is 3.63. The molecule has 1 aromatic carbocycles. The van der Waals surface area contributed by atoms with Crippen molar-refractivity contribution in [2.24, 2.45) is 0 Å². The number of hydrogen-bond donors (Lipinski definition) is 1. The van der Waals surface area contributed by atoms with Crippen LogP contribution in [0.5, 0.6) is 0 Å². The van der Waals surface area contributed by atoms with E-state index in [1.807, 2.05) is 18.0 Å². The molecule has 1 aliphatic carbocycles. The molecule has 2 aromatic rings. The van der Waals surface area contributed by atoms with Crippen LogP contribution in [0.25, 0.3) is 0 Å². The summed E-state index contributed by atoms with van der Waals surface area (Å²) < 4.78 is 0. The molecule has 1 aliphatic rings. The molecule has 0 unspecified atom stereocenters. The van der Waals surface area contributed by atoms with Gasteiger partial charge in [-0.2, -0.15) is 0 Å². The van der Waals surface area contributed by atoms with Crippen molar-refractivity contribution < 1.29 is 9.90 Å². The first-order valence-electron chi connectivity index (χ1n) is 7.05. The van der Waals surface area contributed by atoms with Crippen LogP contribution in [0.2, 0.25) is 0 Å². The van der Waals surface area contributed by atoms with Crippen molar-refractivity contribution >= 4 is 22.4 Å². The zero-order valence-corrected chi connectivity index (χ0v) is 13.0. The molecule has 110 valence electrons. The van der Waals surface area contributed by atoms with Crippen LogP contribution < -0.4 is 4.90 Å². The van der Waals surface area contributed by atoms with Gasteiger partial charge in [0.1, 0.15) is 4.88 Å². The Morgan fingerprint density at radius 1 is 1.48 bits per heavy atom. The smallest absolute Gasteiger partial charge is 0.347 e. The van der Waals surface area contributed by atoms with E-state index in [4.69, 9.17) is 0 Å². The van der Waals surface area contributed by atoms with Crippen LogP contribution in [-0.4, -0.2) is 23.1 Å². The van der Waals surface area contributed by atoms with Crippen molar-refractivity contribution in [2.75, 3.05) is 11.9 Å². The number of carboxylic acid groups (broad SMARTS) is 1. The number of rotatable bonds is 5. The Balaban J connectivity index is 1.82. The number of anilines is 1. The van der Waals surface area contributed by atoms with E-state index < -0.39 is 5.97 Å². The normalized spacial score (nSPS) is 14.2. The second-order valence-electron chi connectivity index (χ2n) is 5.64. The lowest BCUT2D eigenvalue weighted by atomic mass is 10.1. The molecule has 1 saturated carbocycles. The lowest BCUT2D eigenvalue weighted by Crippen LogP contribution is -2.16. The Morgan fingerprint density at radius 3 is 2.86 bits per heavy atom. The van der Waals surface area contributed by atoms with E-state index >= 15 is 0 Å². The van der Waals surface area contributed by atoms with Gasteiger partial charge in [0.05, 0.1) is 5.69 Å². The van der Waals surface area contributed by atoms with E-state index in [9.17, 15) is 9.90 Å². The van der Waals surface area contributed by atoms with E-state index in [0.29, 0.717) is 10.8 Å². The van der Waals surface area contributed by atoms with Gasteiger partial charge in [-0.05, 0) is 25.3 Å². The number of aromatic nitrogens is 1. The van der Waals surface area contributed by atoms with Gasteiger partial charge in [-0.15, -0.1) is 0 Å². The van der Waals surface area contributed by atoms with Crippen molar-refractivity contribution in [2.45, 2.75) is 32.2 Å². The summed E-state index contributed by atoms with van der Waals surface area (Å²) in [6.45, 7) is 2.80. The number of aryl methyl sites for hydroxylation is 1. The zero-order chi connectivity index (χ0) is 15.0. The second-order valence-corrected chi connectivity index (χ2v) is 6.61. The molecule has 3 rings (SSSR count). The van der Waals surface area contributed by atoms with Gasteiger partial charge in [0.15, 0.2) is 5.13 Å². The molecule has 0 aliphatic heterocycles. The Morgan fingerprint density at radius 2 is 2.24 bits per heavy atom. The van der Waals surface area contributed by atoms with Gasteiger partial charge in [0.25, 0.3) is 0 Å². The van der Waals surface area contributed by atoms with Gasteiger partial charge in [0.2, 0.25) is 0 Å². The topological polar surface area (TPSA) is 53.4 Å². The molecule has 1 N–H and O–H groups in total. The predicted octanol–water partition coefficient (Wildman–Crippen LogP) is 3.66. The molecule has 5 heteroatoms. The molecule has 0 bridgehead atoms. The molecule has 0 saturated heterocycles. The van der Waals surface area contributed by atoms with E-state index in [1.165, 1.54) is 22.5 Å². The van der Waals surface area contributed by atoms with Crippen LogP contribution in [0, 0.1) is 6.92 Å². The van der Waals surface area contributed by atoms with Gasteiger partial charge in [-0.25, -0.2) is 9.78 Å². The fourth-order valence-corrected chi connectivity index (χ4v) is 3.37. The lowest BCUT2D eigenvalue weighted by molar-refractivity contribution is 0.0700. The largest absolute Gasteiger partial charge is 0.477 e. The highest BCUT2D eigenvalue weighted by atomic mass is 32.1. The van der Waals surface area contributed by atoms with Crippen LogP contribution in [0.1, 0.15) is 45.3 Å². The van der Waals surface area contributed by atoms with Gasteiger partial charge in [-0.1, -0.05) is 41.2 Å². The summed E-state index contributed by atoms with van der Waals surface area (Å²) in [5.74, 6) is -0.502. The monoisotopic (exact) mass is 302 g/mol. The Labute approximate surface area is 128 Å². The quantitative estimate of drug-likeness (QED) is 0.915. The summed E-state index contributed by atoms with van der Waals surface area (Å²) in [6.07, 6.45) is 2.12. The molecule has 4 nitrogen and oxygen atoms in total. The number of thiazole rings is 1. The summed E-state index contributed by atoms with van der Waals surface area (Å²) >= 11 is 1.28. The van der Waals surface area contributed by atoms with Crippen molar-refractivity contribution in [3.05, 3.63) is 46.0 Å². The first-order valence-corrected chi connectivity index (χ1v) is 7.87. The van der Waals surface area contributed by atoms with Crippen molar-refractivity contribution in [3.63, 3.8) is 0 Å². The maximum absolute atomic E-state index is 11.3. The summed E-state index contributed by atoms with van der Waals surface area (Å²) in [5, 5.41) is 10.1. The minimum Gasteiger partial charge on any atom is -0.477 e. The summed E-state index contributed by atoms with van der Waals surface area (Å²) in [6, 6.07) is 8.33. The molecule has 1 aromatic heterocycles. The first kappa shape index (κ1) is 14.1. The first-order chi connectivity index (χ1) is 10.0. The number of hydrogen-bond acceptors (Lipinski definition) is 4. The molecule has 21 heavy (non-hydrogen) atoms. The van der Waals surface area contributed by atoms with Gasteiger partial charge in [-0.3, -0.25) is 0 Å². The molecule has 1 heterocycles. The van der Waals surface area contributed by atoms with E-state index in [1.54, 1.807) is 0 Å². The molecule has 0 atom stereocenters. The second kappa shape index (κ2) is 5.48. The molecular weight excluding hydrogens is 284 g/mol. The predicted molar refractivity (Wildman–Crippen MR) is 84.3 cm³/mol. The van der Waals surface area contributed by atoms with Crippen molar-refractivity contribution in [1.29, 1.82) is 0 Å². The molecule has 1 fully saturated rings. The molecule has 0 spiro atoms. The minimum absolute atomic E-state index is 0.355. The fourth-order valence-electron chi connectivity index (χ4n) is 2.42. The van der Waals surface area contributed by atoms with Crippen LogP contribution in [0.15, 0.2) is 24.3 Å². The molecule has 0 radical (unpaired) electrons. The summed E-state index contributed by atoms with van der Waals surface area (Å²) in [4.78, 5) is 18.4. The standard InChI is InChI=1S/C16H18N2O2S/c1-10-4-3-5-11(8-10)9-18(2)16-17-13(12-6-7-12)14(21-16)15(19)20/h3-5,8,12H,6-7,9H2,1-2H3,(H,19,20). The number of benzene rings is 1. The SMILES string of the molecule is Cc1cccc(CN(C)c2nc(C3CC3)c(C(=O)O)s2)c1. The highest BCUT2D eigenvalue weighted by Gasteiger charge is 2.32. The van der Waals surface area contributed by atoms with Gasteiger partial charge < -0.3 is 10.0 Å². The Bertz CT molecular complexity index is 677. The number of nitrogens with zero attached hydrogens (tertiary/aromatic N) is 2. The maximum Gasteiger partial charge on any atom is 0.347 e. The van der Waals surface area contributed by atoms with Crippen molar-refractivity contribution in [3.8, 4) is 0 Å². The molecular formula is C16H18N2O2S. The fraction of sp³-hybridized carbons (Fsp3) is 0.375. The summed E-state index contributed by atoms with van der Waals surface area (Å²) in [5.41, 5.74) is 3.21. The zero-order valence-electron chi connectivity index (χ0n) is 12.2.